The van der Waals surface area contributed by atoms with E-state index in [0.717, 1.165) is 36.2 Å². The lowest BCUT2D eigenvalue weighted by Gasteiger charge is -2.13. The highest BCUT2D eigenvalue weighted by Gasteiger charge is 2.03. The highest BCUT2D eigenvalue weighted by Crippen LogP contribution is 2.15. The van der Waals surface area contributed by atoms with Crippen molar-refractivity contribution in [3.63, 3.8) is 0 Å². The Morgan fingerprint density at radius 2 is 2.17 bits per heavy atom. The number of nitrogens with zero attached hydrogens (tertiary/aromatic N) is 3. The molecule has 0 unspecified atom stereocenters. The molecule has 0 radical (unpaired) electrons. The highest BCUT2D eigenvalue weighted by molar-refractivity contribution is 5.79. The normalized spacial score (nSPS) is 11.7. The van der Waals surface area contributed by atoms with E-state index < -0.39 is 0 Å². The van der Waals surface area contributed by atoms with Crippen LogP contribution in [-0.2, 0) is 6.54 Å². The molecule has 0 atom stereocenters. The first-order chi connectivity index (χ1) is 11.2. The molecular weight excluding hydrogens is 288 g/mol. The van der Waals surface area contributed by atoms with E-state index in [1.807, 2.05) is 12.1 Å². The van der Waals surface area contributed by atoms with Gasteiger partial charge in [0.05, 0.1) is 0 Å². The molecule has 23 heavy (non-hydrogen) atoms. The van der Waals surface area contributed by atoms with Gasteiger partial charge >= 0.3 is 0 Å². The Bertz CT molecular complexity index is 603. The Balaban J connectivity index is 1.83. The zero-order valence-corrected chi connectivity index (χ0v) is 14.1. The van der Waals surface area contributed by atoms with E-state index in [4.69, 9.17) is 0 Å². The number of guanidine groups is 1. The minimum Gasteiger partial charge on any atom is -0.356 e. The third-order valence-corrected chi connectivity index (χ3v) is 3.55. The van der Waals surface area contributed by atoms with Crippen LogP contribution in [0.15, 0.2) is 35.6 Å². The average molecular weight is 314 g/mol. The topological polar surface area (TPSA) is 78.0 Å². The molecule has 124 valence electrons. The summed E-state index contributed by atoms with van der Waals surface area (Å²) in [5, 5.41) is 13.5. The molecule has 3 N–H and O–H groups in total. The van der Waals surface area contributed by atoms with Gasteiger partial charge in [0.2, 0.25) is 0 Å². The van der Waals surface area contributed by atoms with Crippen LogP contribution in [0.1, 0.15) is 32.3 Å². The van der Waals surface area contributed by atoms with Crippen LogP contribution >= 0.6 is 0 Å². The third kappa shape index (κ3) is 5.73. The lowest BCUT2D eigenvalue weighted by atomic mass is 10.1. The van der Waals surface area contributed by atoms with Crippen molar-refractivity contribution in [3.05, 3.63) is 36.2 Å². The average Bonchev–Trinajstić information content (AvgIpc) is 3.09. The molecule has 6 heteroatoms. The second-order valence-corrected chi connectivity index (χ2v) is 5.92. The Morgan fingerprint density at radius 1 is 1.30 bits per heavy atom. The molecule has 1 aromatic heterocycles. The molecule has 0 spiro atoms. The van der Waals surface area contributed by atoms with Crippen LogP contribution in [0.3, 0.4) is 0 Å². The molecule has 0 aliphatic heterocycles. The number of aromatic amines is 1. The number of hydrogen-bond acceptors (Lipinski definition) is 3. The van der Waals surface area contributed by atoms with Gasteiger partial charge < -0.3 is 10.6 Å². The third-order valence-electron chi connectivity index (χ3n) is 3.55. The van der Waals surface area contributed by atoms with E-state index in [1.54, 1.807) is 7.05 Å². The van der Waals surface area contributed by atoms with E-state index in [9.17, 15) is 0 Å². The zero-order chi connectivity index (χ0) is 16.5. The van der Waals surface area contributed by atoms with Crippen LogP contribution in [0.4, 0.5) is 0 Å². The fraction of sp³-hybridized carbons (Fsp3) is 0.471. The monoisotopic (exact) mass is 314 g/mol. The summed E-state index contributed by atoms with van der Waals surface area (Å²) in [7, 11) is 1.79. The summed E-state index contributed by atoms with van der Waals surface area (Å²) in [4.78, 5) is 8.44. The first kappa shape index (κ1) is 17.0. The number of nitrogens with one attached hydrogen (secondary N) is 3. The molecule has 0 aliphatic rings. The van der Waals surface area contributed by atoms with Gasteiger partial charge in [-0.25, -0.2) is 4.98 Å². The Kier molecular flexibility index (Phi) is 6.59. The van der Waals surface area contributed by atoms with E-state index in [0.29, 0.717) is 6.54 Å². The maximum Gasteiger partial charge on any atom is 0.191 e. The predicted octanol–water partition coefficient (Wildman–Crippen LogP) is 2.57. The van der Waals surface area contributed by atoms with Crippen LogP contribution in [0, 0.1) is 5.92 Å². The lowest BCUT2D eigenvalue weighted by molar-refractivity contribution is 0.549. The first-order valence-electron chi connectivity index (χ1n) is 8.08. The fourth-order valence-corrected chi connectivity index (χ4v) is 2.30. The molecule has 0 aliphatic carbocycles. The van der Waals surface area contributed by atoms with Gasteiger partial charge in [0.15, 0.2) is 11.8 Å². The maximum atomic E-state index is 4.26. The molecule has 0 bridgehead atoms. The quantitative estimate of drug-likeness (QED) is 0.417. The molecule has 6 nitrogen and oxygen atoms in total. The standard InChI is InChI=1S/C17H26N6/c1-13(2)6-5-9-19-17(18-3)20-11-14-7-4-8-15(10-14)16-21-12-22-23-16/h4,7-8,10,12-13H,5-6,9,11H2,1-3H3,(H2,18,19,20)(H,21,22,23). The van der Waals surface area contributed by atoms with Crippen LogP contribution in [-0.4, -0.2) is 34.7 Å². The maximum absolute atomic E-state index is 4.26. The van der Waals surface area contributed by atoms with Crippen LogP contribution in [0.5, 0.6) is 0 Å². The SMILES string of the molecule is CN=C(NCCCC(C)C)NCc1cccc(-c2ncn[nH]2)c1. The summed E-state index contributed by atoms with van der Waals surface area (Å²) in [5.74, 6) is 2.35. The van der Waals surface area contributed by atoms with Crippen LogP contribution < -0.4 is 10.6 Å². The molecule has 1 aromatic carbocycles. The van der Waals surface area contributed by atoms with E-state index in [2.05, 4.69) is 56.8 Å². The highest BCUT2D eigenvalue weighted by atomic mass is 15.2. The van der Waals surface area contributed by atoms with Gasteiger partial charge in [-0.05, 0) is 30.4 Å². The van der Waals surface area contributed by atoms with Gasteiger partial charge in [-0.2, -0.15) is 5.10 Å². The van der Waals surface area contributed by atoms with Crippen molar-refractivity contribution in [1.29, 1.82) is 0 Å². The summed E-state index contributed by atoms with van der Waals surface area (Å²) in [6.07, 6.45) is 3.89. The van der Waals surface area contributed by atoms with Gasteiger partial charge in [0, 0.05) is 25.7 Å². The molecule has 0 saturated carbocycles. The Labute approximate surface area is 137 Å². The number of aromatic nitrogens is 3. The molecule has 0 fully saturated rings. The van der Waals surface area contributed by atoms with E-state index in [-0.39, 0.29) is 0 Å². The lowest BCUT2D eigenvalue weighted by Crippen LogP contribution is -2.37. The minimum atomic E-state index is 0.714. The molecule has 1 heterocycles. The van der Waals surface area contributed by atoms with Crippen molar-refractivity contribution in [2.75, 3.05) is 13.6 Å². The number of benzene rings is 1. The fourth-order valence-electron chi connectivity index (χ4n) is 2.30. The van der Waals surface area contributed by atoms with Crippen LogP contribution in [0.25, 0.3) is 11.4 Å². The van der Waals surface area contributed by atoms with Gasteiger partial charge in [0.25, 0.3) is 0 Å². The van der Waals surface area contributed by atoms with Crippen molar-refractivity contribution < 1.29 is 0 Å². The molecule has 2 aromatic rings. The molecule has 0 amide bonds. The van der Waals surface area contributed by atoms with Gasteiger partial charge in [-0.3, -0.25) is 10.1 Å². The number of rotatable bonds is 7. The van der Waals surface area contributed by atoms with Crippen LogP contribution in [0.2, 0.25) is 0 Å². The summed E-state index contributed by atoms with van der Waals surface area (Å²) in [5.41, 5.74) is 2.20. The largest absolute Gasteiger partial charge is 0.356 e. The Morgan fingerprint density at radius 3 is 2.87 bits per heavy atom. The molecular formula is C17H26N6. The minimum absolute atomic E-state index is 0.714. The van der Waals surface area contributed by atoms with Crippen molar-refractivity contribution in [2.24, 2.45) is 10.9 Å². The summed E-state index contributed by atoms with van der Waals surface area (Å²) in [6, 6.07) is 8.22. The smallest absolute Gasteiger partial charge is 0.191 e. The van der Waals surface area contributed by atoms with Gasteiger partial charge in [-0.1, -0.05) is 32.0 Å². The number of H-pyrrole nitrogens is 1. The number of hydrogen-bond donors (Lipinski definition) is 3. The van der Waals surface area contributed by atoms with Crippen molar-refractivity contribution in [2.45, 2.75) is 33.2 Å². The summed E-state index contributed by atoms with van der Waals surface area (Å²) in [6.45, 7) is 6.14. The van der Waals surface area contributed by atoms with Crippen molar-refractivity contribution in [3.8, 4) is 11.4 Å². The molecule has 2 rings (SSSR count). The van der Waals surface area contributed by atoms with E-state index in [1.165, 1.54) is 18.3 Å². The number of aliphatic imine (C=N–C) groups is 1. The zero-order valence-electron chi connectivity index (χ0n) is 14.1. The van der Waals surface area contributed by atoms with Gasteiger partial charge in [0.1, 0.15) is 6.33 Å². The second kappa shape index (κ2) is 8.92. The predicted molar refractivity (Wildman–Crippen MR) is 94.1 cm³/mol. The summed E-state index contributed by atoms with van der Waals surface area (Å²) < 4.78 is 0. The van der Waals surface area contributed by atoms with E-state index >= 15 is 0 Å². The van der Waals surface area contributed by atoms with Crippen molar-refractivity contribution >= 4 is 5.96 Å². The Hall–Kier alpha value is -2.37. The van der Waals surface area contributed by atoms with Gasteiger partial charge in [-0.15, -0.1) is 0 Å². The second-order valence-electron chi connectivity index (χ2n) is 5.92. The van der Waals surface area contributed by atoms with Crippen molar-refractivity contribution in [1.82, 2.24) is 25.8 Å². The summed E-state index contributed by atoms with van der Waals surface area (Å²) >= 11 is 0. The first-order valence-corrected chi connectivity index (χ1v) is 8.08. The molecule has 0 saturated heterocycles.